The van der Waals surface area contributed by atoms with Crippen LogP contribution in [0.4, 0.5) is 22.7 Å². The summed E-state index contributed by atoms with van der Waals surface area (Å²) in [6.45, 7) is 0. The summed E-state index contributed by atoms with van der Waals surface area (Å²) in [5.74, 6) is 0. The molecular weight excluding hydrogens is 362 g/mol. The number of benzene rings is 3. The predicted octanol–water partition coefficient (Wildman–Crippen LogP) is 3.95. The Labute approximate surface area is 159 Å². The van der Waals surface area contributed by atoms with Crippen LogP contribution in [0.3, 0.4) is 0 Å². The van der Waals surface area contributed by atoms with E-state index in [1.165, 1.54) is 12.1 Å². The van der Waals surface area contributed by atoms with Gasteiger partial charge in [-0.1, -0.05) is 48.5 Å². The Morgan fingerprint density at radius 1 is 0.893 bits per heavy atom. The van der Waals surface area contributed by atoms with Gasteiger partial charge >= 0.3 is 5.69 Å². The molecule has 0 spiro atoms. The molecule has 3 aromatic carbocycles. The van der Waals surface area contributed by atoms with Crippen LogP contribution >= 0.6 is 0 Å². The minimum atomic E-state index is -0.704. The number of nitrogens with one attached hydrogen (secondary N) is 1. The largest absolute Gasteiger partial charge is 0.398 e. The van der Waals surface area contributed by atoms with E-state index in [1.54, 1.807) is 24.3 Å². The van der Waals surface area contributed by atoms with E-state index in [4.69, 9.17) is 5.73 Å². The minimum absolute atomic E-state index is 0.0264. The molecule has 0 fully saturated rings. The van der Waals surface area contributed by atoms with Gasteiger partial charge in [0.15, 0.2) is 0 Å². The molecular formula is C19H15N5O4. The average molecular weight is 377 g/mol. The van der Waals surface area contributed by atoms with Gasteiger partial charge in [-0.15, -0.1) is 0 Å². The van der Waals surface area contributed by atoms with Crippen molar-refractivity contribution in [1.82, 2.24) is 0 Å². The molecule has 0 aliphatic carbocycles. The number of hydrogen-bond acceptors (Lipinski definition) is 7. The normalized spacial score (nSPS) is 11.1. The van der Waals surface area contributed by atoms with Crippen molar-refractivity contribution in [1.29, 1.82) is 0 Å². The van der Waals surface area contributed by atoms with Gasteiger partial charge < -0.3 is 5.73 Å². The fraction of sp³-hybridized carbons (Fsp3) is 0. The van der Waals surface area contributed by atoms with Crippen molar-refractivity contribution in [3.63, 3.8) is 0 Å². The van der Waals surface area contributed by atoms with E-state index in [9.17, 15) is 20.2 Å². The molecule has 3 rings (SSSR count). The number of rotatable bonds is 6. The van der Waals surface area contributed by atoms with E-state index in [0.29, 0.717) is 17.0 Å². The van der Waals surface area contributed by atoms with Crippen molar-refractivity contribution in [2.24, 2.45) is 5.10 Å². The molecule has 3 N–H and O–H groups in total. The SMILES string of the molecule is Nc1ccccc1/C(=N/Nc1ccc([N+](=O)[O-])cc1[N+](=O)[O-])c1ccccc1. The molecule has 0 saturated carbocycles. The number of nitro benzene ring substituents is 2. The van der Waals surface area contributed by atoms with Crippen molar-refractivity contribution < 1.29 is 9.85 Å². The first-order valence-corrected chi connectivity index (χ1v) is 8.14. The maximum atomic E-state index is 11.3. The molecule has 0 aromatic heterocycles. The molecule has 0 atom stereocenters. The summed E-state index contributed by atoms with van der Waals surface area (Å²) in [4.78, 5) is 20.8. The monoisotopic (exact) mass is 377 g/mol. The summed E-state index contributed by atoms with van der Waals surface area (Å²) >= 11 is 0. The molecule has 0 unspecified atom stereocenters. The van der Waals surface area contributed by atoms with Gasteiger partial charge in [-0.3, -0.25) is 25.7 Å². The zero-order valence-corrected chi connectivity index (χ0v) is 14.5. The third kappa shape index (κ3) is 3.93. The Hall–Kier alpha value is -4.27. The Bertz CT molecular complexity index is 1070. The summed E-state index contributed by atoms with van der Waals surface area (Å²) in [6, 6.07) is 19.6. The Morgan fingerprint density at radius 3 is 2.21 bits per heavy atom. The smallest absolute Gasteiger partial charge is 0.301 e. The van der Waals surface area contributed by atoms with Gasteiger partial charge in [0.05, 0.1) is 21.6 Å². The van der Waals surface area contributed by atoms with Crippen LogP contribution in [-0.4, -0.2) is 15.6 Å². The molecule has 0 saturated heterocycles. The summed E-state index contributed by atoms with van der Waals surface area (Å²) in [7, 11) is 0. The van der Waals surface area contributed by atoms with Gasteiger partial charge in [-0.2, -0.15) is 5.10 Å². The maximum absolute atomic E-state index is 11.3. The second kappa shape index (κ2) is 7.96. The van der Waals surface area contributed by atoms with Crippen LogP contribution in [-0.2, 0) is 0 Å². The van der Waals surface area contributed by atoms with Crippen LogP contribution in [0.2, 0.25) is 0 Å². The van der Waals surface area contributed by atoms with Crippen molar-refractivity contribution in [3.8, 4) is 0 Å². The van der Waals surface area contributed by atoms with E-state index in [0.717, 1.165) is 11.6 Å². The fourth-order valence-electron chi connectivity index (χ4n) is 2.58. The molecule has 0 amide bonds. The molecule has 0 heterocycles. The highest BCUT2D eigenvalue weighted by Gasteiger charge is 2.20. The Morgan fingerprint density at radius 2 is 1.57 bits per heavy atom. The quantitative estimate of drug-likeness (QED) is 0.289. The number of non-ortho nitro benzene ring substituents is 1. The molecule has 0 aliphatic rings. The first-order chi connectivity index (χ1) is 13.5. The lowest BCUT2D eigenvalue weighted by atomic mass is 10.0. The second-order valence-corrected chi connectivity index (χ2v) is 5.74. The highest BCUT2D eigenvalue weighted by Crippen LogP contribution is 2.29. The lowest BCUT2D eigenvalue weighted by Gasteiger charge is -2.11. The molecule has 3 aromatic rings. The standard InChI is InChI=1S/C19H15N5O4/c20-16-9-5-4-8-15(16)19(13-6-2-1-3-7-13)22-21-17-11-10-14(23(25)26)12-18(17)24(27)28/h1-12,21H,20H2/b22-19+. The van der Waals surface area contributed by atoms with Crippen LogP contribution in [0.15, 0.2) is 77.9 Å². The number of nitrogens with zero attached hydrogens (tertiary/aromatic N) is 3. The zero-order valence-electron chi connectivity index (χ0n) is 14.5. The lowest BCUT2D eigenvalue weighted by Crippen LogP contribution is -2.10. The molecule has 28 heavy (non-hydrogen) atoms. The van der Waals surface area contributed by atoms with Gasteiger partial charge in [0.1, 0.15) is 5.69 Å². The number of anilines is 2. The fourth-order valence-corrected chi connectivity index (χ4v) is 2.58. The summed E-state index contributed by atoms with van der Waals surface area (Å²) in [5.41, 5.74) is 10.3. The molecule has 0 aliphatic heterocycles. The topological polar surface area (TPSA) is 137 Å². The third-order valence-corrected chi connectivity index (χ3v) is 3.94. The number of hydrogen-bond donors (Lipinski definition) is 2. The summed E-state index contributed by atoms with van der Waals surface area (Å²) in [6.07, 6.45) is 0. The van der Waals surface area contributed by atoms with E-state index in [2.05, 4.69) is 10.5 Å². The van der Waals surface area contributed by atoms with E-state index in [-0.39, 0.29) is 11.4 Å². The van der Waals surface area contributed by atoms with Gasteiger partial charge in [-0.05, 0) is 12.1 Å². The van der Waals surface area contributed by atoms with Crippen molar-refractivity contribution in [3.05, 3.63) is 104 Å². The lowest BCUT2D eigenvalue weighted by molar-refractivity contribution is -0.393. The van der Waals surface area contributed by atoms with Gasteiger partial charge in [-0.25, -0.2) is 0 Å². The summed E-state index contributed by atoms with van der Waals surface area (Å²) in [5, 5.41) is 26.5. The highest BCUT2D eigenvalue weighted by atomic mass is 16.6. The molecule has 9 nitrogen and oxygen atoms in total. The molecule has 9 heteroatoms. The third-order valence-electron chi connectivity index (χ3n) is 3.94. The maximum Gasteiger partial charge on any atom is 0.301 e. The highest BCUT2D eigenvalue weighted by molar-refractivity contribution is 6.15. The van der Waals surface area contributed by atoms with Crippen LogP contribution in [0.5, 0.6) is 0 Å². The van der Waals surface area contributed by atoms with Crippen molar-refractivity contribution in [2.75, 3.05) is 11.2 Å². The van der Waals surface area contributed by atoms with E-state index in [1.807, 2.05) is 30.3 Å². The number of hydrazone groups is 1. The number of nitrogens with two attached hydrogens (primary N) is 1. The average Bonchev–Trinajstić information content (AvgIpc) is 2.70. The number of nitro groups is 2. The second-order valence-electron chi connectivity index (χ2n) is 5.74. The molecule has 140 valence electrons. The summed E-state index contributed by atoms with van der Waals surface area (Å²) < 4.78 is 0. The Kier molecular flexibility index (Phi) is 5.26. The van der Waals surface area contributed by atoms with E-state index < -0.39 is 15.5 Å². The first kappa shape index (κ1) is 18.5. The van der Waals surface area contributed by atoms with Crippen LogP contribution in [0.25, 0.3) is 0 Å². The number of nitrogen functional groups attached to an aromatic ring is 1. The zero-order chi connectivity index (χ0) is 20.1. The van der Waals surface area contributed by atoms with Gasteiger partial charge in [0.25, 0.3) is 5.69 Å². The molecule has 0 radical (unpaired) electrons. The van der Waals surface area contributed by atoms with Crippen molar-refractivity contribution in [2.45, 2.75) is 0 Å². The van der Waals surface area contributed by atoms with Crippen LogP contribution in [0.1, 0.15) is 11.1 Å². The predicted molar refractivity (Wildman–Crippen MR) is 106 cm³/mol. The molecule has 0 bridgehead atoms. The van der Waals surface area contributed by atoms with Gasteiger partial charge in [0.2, 0.25) is 0 Å². The first-order valence-electron chi connectivity index (χ1n) is 8.14. The number of para-hydroxylation sites is 1. The Balaban J connectivity index is 2.07. The minimum Gasteiger partial charge on any atom is -0.398 e. The van der Waals surface area contributed by atoms with Crippen molar-refractivity contribution >= 4 is 28.5 Å². The van der Waals surface area contributed by atoms with Crippen LogP contribution in [0, 0.1) is 20.2 Å². The van der Waals surface area contributed by atoms with E-state index >= 15 is 0 Å². The van der Waals surface area contributed by atoms with Gasteiger partial charge in [0, 0.05) is 22.9 Å². The van der Waals surface area contributed by atoms with Crippen LogP contribution < -0.4 is 11.2 Å².